The van der Waals surface area contributed by atoms with Gasteiger partial charge in [-0.15, -0.1) is 0 Å². The van der Waals surface area contributed by atoms with Crippen LogP contribution in [-0.4, -0.2) is 28.8 Å². The van der Waals surface area contributed by atoms with Crippen molar-refractivity contribution < 1.29 is 23.4 Å². The first-order valence-corrected chi connectivity index (χ1v) is 11.3. The molecule has 0 spiro atoms. The van der Waals surface area contributed by atoms with Crippen LogP contribution in [-0.2, 0) is 23.4 Å². The molecule has 0 N–H and O–H groups in total. The molecule has 0 atom stereocenters. The van der Waals surface area contributed by atoms with E-state index >= 15 is 0 Å². The molecule has 0 heterocycles. The van der Waals surface area contributed by atoms with Gasteiger partial charge in [0.2, 0.25) is 0 Å². The summed E-state index contributed by atoms with van der Waals surface area (Å²) in [6.45, 7) is 9.15. The molecule has 0 unspecified atom stereocenters. The molecule has 0 saturated carbocycles. The van der Waals surface area contributed by atoms with Crippen LogP contribution in [0.3, 0.4) is 0 Å². The van der Waals surface area contributed by atoms with E-state index in [-0.39, 0.29) is 62.2 Å². The molecule has 2 nitrogen and oxygen atoms in total. The van der Waals surface area contributed by atoms with E-state index in [2.05, 4.69) is 50.2 Å². The van der Waals surface area contributed by atoms with Crippen LogP contribution in [0.1, 0.15) is 36.1 Å². The molecule has 0 aromatic heterocycles. The second-order valence-electron chi connectivity index (χ2n) is 3.70. The summed E-state index contributed by atoms with van der Waals surface area (Å²) < 4.78 is 0. The predicted molar refractivity (Wildman–Crippen MR) is 108 cm³/mol. The Hall–Kier alpha value is 1.19. The molecular formula is C15H23I2MgNOV. The van der Waals surface area contributed by atoms with Gasteiger partial charge in [0.25, 0.3) is 0 Å². The van der Waals surface area contributed by atoms with Crippen molar-refractivity contribution in [1.29, 1.82) is 5.26 Å². The van der Waals surface area contributed by atoms with Gasteiger partial charge in [0.05, 0.1) is 11.6 Å². The third-order valence-electron chi connectivity index (χ3n) is 2.18. The number of Topliss-reactive ketones (excluding diaryl/α,β-unsaturated/α-hetero) is 1. The van der Waals surface area contributed by atoms with E-state index in [0.29, 0.717) is 0 Å². The number of halogens is 2. The van der Waals surface area contributed by atoms with Crippen LogP contribution < -0.4 is 0 Å². The molecule has 0 fully saturated rings. The Morgan fingerprint density at radius 1 is 1.05 bits per heavy atom. The minimum atomic E-state index is 0. The Bertz CT molecular complexity index is 417. The standard InChI is InChI=1S/C10H11N.C3H6O.2CH3.I2.Mg.V/c1-7-4-5-10(6-11)9(3)8(7)2;1-3(2)4;;;1-2;;/h4-5H,1-3H3;1-2H3;2*1H3;;;/q;;2*-1;;+2;. The molecule has 0 saturated heterocycles. The van der Waals surface area contributed by atoms with Crippen molar-refractivity contribution in [3.63, 3.8) is 0 Å². The molecule has 21 heavy (non-hydrogen) atoms. The smallest absolute Gasteiger partial charge is 0.358 e. The van der Waals surface area contributed by atoms with Gasteiger partial charge in [-0.1, -0.05) is 6.07 Å². The number of rotatable bonds is 0. The number of nitriles is 1. The number of hydrogen-bond acceptors (Lipinski definition) is 2. The summed E-state index contributed by atoms with van der Waals surface area (Å²) in [5.41, 5.74) is 4.37. The molecule has 115 valence electrons. The Morgan fingerprint density at radius 2 is 1.38 bits per heavy atom. The van der Waals surface area contributed by atoms with E-state index in [1.165, 1.54) is 25.0 Å². The zero-order valence-corrected chi connectivity index (χ0v) is 21.0. The summed E-state index contributed by atoms with van der Waals surface area (Å²) in [4.78, 5) is 9.44. The number of carbonyl (C=O) groups excluding carboxylic acids is 1. The van der Waals surface area contributed by atoms with Crippen molar-refractivity contribution in [1.82, 2.24) is 0 Å². The minimum Gasteiger partial charge on any atom is -0.358 e. The van der Waals surface area contributed by atoms with Gasteiger partial charge < -0.3 is 19.6 Å². The van der Waals surface area contributed by atoms with Crippen LogP contribution >= 0.6 is 37.2 Å². The first-order valence-electron chi connectivity index (χ1n) is 4.98. The minimum absolute atomic E-state index is 0. The quantitative estimate of drug-likeness (QED) is 0.243. The van der Waals surface area contributed by atoms with E-state index in [1.807, 2.05) is 26.0 Å². The molecule has 1 rings (SSSR count). The summed E-state index contributed by atoms with van der Waals surface area (Å²) in [6, 6.07) is 6.02. The zero-order valence-electron chi connectivity index (χ0n) is 13.9. The molecule has 0 amide bonds. The average Bonchev–Trinajstić information content (AvgIpc) is 2.28. The van der Waals surface area contributed by atoms with Crippen molar-refractivity contribution in [2.24, 2.45) is 0 Å². The molecule has 0 aliphatic carbocycles. The van der Waals surface area contributed by atoms with Crippen LogP contribution in [0.4, 0.5) is 0 Å². The number of ketones is 1. The number of carbonyl (C=O) groups is 1. The van der Waals surface area contributed by atoms with Crippen LogP contribution in [0.5, 0.6) is 0 Å². The van der Waals surface area contributed by atoms with Crippen molar-refractivity contribution in [3.8, 4) is 6.07 Å². The summed E-state index contributed by atoms with van der Waals surface area (Å²) in [5, 5.41) is 8.68. The number of aryl methyl sites for hydroxylation is 1. The van der Waals surface area contributed by atoms with Crippen LogP contribution in [0.15, 0.2) is 12.1 Å². The monoisotopic (exact) mass is 562 g/mol. The molecular weight excluding hydrogens is 539 g/mol. The largest absolute Gasteiger partial charge is 2.00 e. The first kappa shape index (κ1) is 38.0. The maximum absolute atomic E-state index is 9.44. The fourth-order valence-corrected chi connectivity index (χ4v) is 1.08. The number of benzene rings is 1. The van der Waals surface area contributed by atoms with E-state index < -0.39 is 0 Å². The van der Waals surface area contributed by atoms with E-state index in [0.717, 1.165) is 11.1 Å². The molecule has 1 radical (unpaired) electrons. The number of nitrogens with zero attached hydrogens (tertiary/aromatic N) is 1. The zero-order chi connectivity index (χ0) is 14.0. The molecule has 0 bridgehead atoms. The molecule has 0 aliphatic rings. The van der Waals surface area contributed by atoms with Gasteiger partial charge in [0.15, 0.2) is 0 Å². The van der Waals surface area contributed by atoms with Crippen molar-refractivity contribution in [2.75, 3.05) is 0 Å². The third kappa shape index (κ3) is 19.1. The van der Waals surface area contributed by atoms with E-state index in [4.69, 9.17) is 5.26 Å². The predicted octanol–water partition coefficient (Wildman–Crippen LogP) is 5.37. The Balaban J connectivity index is -0.0000000498. The van der Waals surface area contributed by atoms with Gasteiger partial charge in [-0.05, 0) is 57.4 Å². The van der Waals surface area contributed by atoms with Gasteiger partial charge in [-0.3, -0.25) is 0 Å². The third-order valence-corrected chi connectivity index (χ3v) is 2.18. The van der Waals surface area contributed by atoms with Crippen molar-refractivity contribution >= 4 is 66.1 Å². The van der Waals surface area contributed by atoms with E-state index in [1.54, 1.807) is 0 Å². The van der Waals surface area contributed by atoms with Crippen molar-refractivity contribution in [3.05, 3.63) is 49.2 Å². The normalized spacial score (nSPS) is 6.38. The second kappa shape index (κ2) is 23.5. The molecule has 6 heteroatoms. The second-order valence-corrected chi connectivity index (χ2v) is 3.70. The van der Waals surface area contributed by atoms with Crippen LogP contribution in [0, 0.1) is 47.0 Å². The Labute approximate surface area is 182 Å². The van der Waals surface area contributed by atoms with E-state index in [9.17, 15) is 4.79 Å². The first-order chi connectivity index (χ1) is 7.90. The summed E-state index contributed by atoms with van der Waals surface area (Å²) in [6.07, 6.45) is 0. The molecule has 0 aliphatic heterocycles. The summed E-state index contributed by atoms with van der Waals surface area (Å²) in [5.74, 6) is 0.167. The van der Waals surface area contributed by atoms with Gasteiger partial charge in [-0.25, -0.2) is 0 Å². The molecule has 1 aromatic rings. The topological polar surface area (TPSA) is 40.9 Å². The van der Waals surface area contributed by atoms with Gasteiger partial charge in [0.1, 0.15) is 5.78 Å². The van der Waals surface area contributed by atoms with Crippen LogP contribution in [0.2, 0.25) is 0 Å². The van der Waals surface area contributed by atoms with Gasteiger partial charge >= 0.3 is 23.1 Å². The average molecular weight is 562 g/mol. The SMILES string of the molecule is CC(C)=O.Cc1ccc(C#N)c(C)c1C.II.[CH3-].[CH3-].[Mg+2].[V]. The fourth-order valence-electron chi connectivity index (χ4n) is 1.08. The maximum atomic E-state index is 9.44. The summed E-state index contributed by atoms with van der Waals surface area (Å²) in [7, 11) is 0. The Morgan fingerprint density at radius 3 is 1.67 bits per heavy atom. The van der Waals surface area contributed by atoms with Crippen LogP contribution in [0.25, 0.3) is 0 Å². The Kier molecular flexibility index (Phi) is 42.5. The van der Waals surface area contributed by atoms with Gasteiger partial charge in [0, 0.05) is 55.8 Å². The number of hydrogen-bond donors (Lipinski definition) is 0. The molecule has 1 aromatic carbocycles. The summed E-state index contributed by atoms with van der Waals surface area (Å²) >= 11 is 4.24. The van der Waals surface area contributed by atoms with Gasteiger partial charge in [-0.2, -0.15) is 5.26 Å². The maximum Gasteiger partial charge on any atom is 2.00 e. The van der Waals surface area contributed by atoms with Crippen molar-refractivity contribution in [2.45, 2.75) is 34.6 Å². The fraction of sp³-hybridized carbons (Fsp3) is 0.333.